The largest absolute Gasteiger partial charge is 0.458 e. The zero-order valence-electron chi connectivity index (χ0n) is 28.4. The van der Waals surface area contributed by atoms with Gasteiger partial charge in [-0.2, -0.15) is 18.9 Å². The molecule has 3 atom stereocenters. The van der Waals surface area contributed by atoms with Crippen LogP contribution in [0.1, 0.15) is 19.2 Å². The van der Waals surface area contributed by atoms with Gasteiger partial charge in [0.05, 0.1) is 47.5 Å². The number of fused-ring (bicyclic) bond motifs is 6. The summed E-state index contributed by atoms with van der Waals surface area (Å²) in [4.78, 5) is 40.9. The van der Waals surface area contributed by atoms with Crippen molar-refractivity contribution in [3.8, 4) is 28.7 Å². The topological polar surface area (TPSA) is 138 Å². The SMILES string of the molecule is CCO[C@@H]1CN(C)C(=O)[C@@H]2C[C@@H](CN2c2ncnc3c2cnn3-c2ccc(F)cc2OC(F)F)Oc2nccc(n2)-c2cccc3nc(C)n(c23)C1. The molecule has 14 nitrogen and oxygen atoms in total. The lowest BCUT2D eigenvalue weighted by Gasteiger charge is -2.31. The van der Waals surface area contributed by atoms with Gasteiger partial charge < -0.3 is 28.6 Å². The predicted molar refractivity (Wildman–Crippen MR) is 182 cm³/mol. The van der Waals surface area contributed by atoms with E-state index in [1.807, 2.05) is 43.0 Å². The molecule has 52 heavy (non-hydrogen) atoms. The van der Waals surface area contributed by atoms with Gasteiger partial charge in [0.25, 0.3) is 0 Å². The van der Waals surface area contributed by atoms with E-state index in [4.69, 9.17) is 19.4 Å². The molecule has 8 rings (SSSR count). The van der Waals surface area contributed by atoms with E-state index in [9.17, 15) is 18.0 Å². The molecule has 1 amide bonds. The number of likely N-dealkylation sites (N-methyl/N-ethyl adjacent to an activating group) is 1. The monoisotopic (exact) mass is 714 g/mol. The minimum absolute atomic E-state index is 0.0451. The number of ether oxygens (including phenoxy) is 3. The number of hydrogen-bond acceptors (Lipinski definition) is 11. The van der Waals surface area contributed by atoms with Crippen molar-refractivity contribution < 1.29 is 32.2 Å². The maximum Gasteiger partial charge on any atom is 0.387 e. The van der Waals surface area contributed by atoms with Crippen molar-refractivity contribution in [2.75, 3.05) is 31.6 Å². The third-order valence-corrected chi connectivity index (χ3v) is 9.31. The van der Waals surface area contributed by atoms with E-state index in [-0.39, 0.29) is 48.9 Å². The first-order chi connectivity index (χ1) is 25.2. The number of hydrogen-bond donors (Lipinski definition) is 0. The number of para-hydroxylation sites is 1. The van der Waals surface area contributed by atoms with Crippen molar-refractivity contribution in [2.45, 2.75) is 51.7 Å². The maximum absolute atomic E-state index is 14.4. The molecule has 4 aromatic heterocycles. The van der Waals surface area contributed by atoms with Crippen LogP contribution in [-0.4, -0.2) is 102 Å². The Labute approximate surface area is 294 Å². The summed E-state index contributed by atoms with van der Waals surface area (Å²) in [6, 6.07) is 10.3. The summed E-state index contributed by atoms with van der Waals surface area (Å²) in [7, 11) is 1.74. The van der Waals surface area contributed by atoms with Crippen LogP contribution in [0.15, 0.2) is 61.2 Å². The highest BCUT2D eigenvalue weighted by Crippen LogP contribution is 2.35. The number of aromatic nitrogens is 8. The molecule has 0 aliphatic carbocycles. The number of carbonyl (C=O) groups excluding carboxylic acids is 1. The number of nitrogens with zero attached hydrogens (tertiary/aromatic N) is 10. The van der Waals surface area contributed by atoms with Crippen LogP contribution in [0.25, 0.3) is 39.0 Å². The zero-order chi connectivity index (χ0) is 36.1. The van der Waals surface area contributed by atoms with Crippen LogP contribution < -0.4 is 14.4 Å². The lowest BCUT2D eigenvalue weighted by atomic mass is 10.1. The van der Waals surface area contributed by atoms with Crippen molar-refractivity contribution in [1.82, 2.24) is 44.2 Å². The van der Waals surface area contributed by atoms with Gasteiger partial charge in [0, 0.05) is 44.4 Å². The van der Waals surface area contributed by atoms with Gasteiger partial charge in [-0.1, -0.05) is 12.1 Å². The Hall–Kier alpha value is -5.84. The summed E-state index contributed by atoms with van der Waals surface area (Å²) in [6.45, 7) is 2.04. The highest BCUT2D eigenvalue weighted by atomic mass is 19.3. The molecule has 0 unspecified atom stereocenters. The second kappa shape index (κ2) is 13.4. The second-order valence-corrected chi connectivity index (χ2v) is 12.6. The Bertz CT molecular complexity index is 2300. The van der Waals surface area contributed by atoms with E-state index in [0.29, 0.717) is 30.0 Å². The van der Waals surface area contributed by atoms with Crippen LogP contribution in [-0.2, 0) is 16.1 Å². The van der Waals surface area contributed by atoms with E-state index in [0.717, 1.165) is 34.6 Å². The minimum Gasteiger partial charge on any atom is -0.458 e. The molecular weight excluding hydrogens is 681 g/mol. The van der Waals surface area contributed by atoms with Crippen LogP contribution in [0.3, 0.4) is 0 Å². The van der Waals surface area contributed by atoms with E-state index in [1.54, 1.807) is 18.1 Å². The van der Waals surface area contributed by atoms with Crippen LogP contribution in [0, 0.1) is 12.7 Å². The van der Waals surface area contributed by atoms with Gasteiger partial charge >= 0.3 is 12.6 Å². The van der Waals surface area contributed by atoms with E-state index >= 15 is 0 Å². The van der Waals surface area contributed by atoms with Gasteiger partial charge in [-0.25, -0.2) is 29.0 Å². The number of amides is 1. The van der Waals surface area contributed by atoms with Gasteiger partial charge in [-0.15, -0.1) is 0 Å². The number of halogens is 3. The molecule has 2 aliphatic heterocycles. The van der Waals surface area contributed by atoms with Gasteiger partial charge in [0.15, 0.2) is 11.4 Å². The number of alkyl halides is 2. The van der Waals surface area contributed by atoms with Crippen molar-refractivity contribution >= 4 is 33.8 Å². The molecule has 4 bridgehead atoms. The van der Waals surface area contributed by atoms with E-state index < -0.39 is 30.3 Å². The van der Waals surface area contributed by atoms with Crippen LogP contribution >= 0.6 is 0 Å². The molecule has 1 saturated heterocycles. The van der Waals surface area contributed by atoms with Crippen LogP contribution in [0.4, 0.5) is 19.0 Å². The Morgan fingerprint density at radius 3 is 2.75 bits per heavy atom. The van der Waals surface area contributed by atoms with Crippen molar-refractivity contribution in [3.63, 3.8) is 0 Å². The standard InChI is InChI=1S/C35H33F3N10O4/c1-4-50-22-15-45(3)33(49)28-13-21(51-35-39-11-10-25(44-35)23-6-5-7-26-30(23)46(17-22)19(2)43-26)16-47(28)31-24-14-42-48(32(24)41-18-40-31)27-9-8-20(36)12-29(27)52-34(37)38/h5-12,14,18,21-22,28,34H,4,13,15-17H2,1-3H3/t21-,22+,28-/m0/s1. The Balaban J connectivity index is 1.21. The van der Waals surface area contributed by atoms with Crippen molar-refractivity contribution in [3.05, 3.63) is 72.8 Å². The molecule has 0 saturated carbocycles. The average Bonchev–Trinajstić information content (AvgIpc) is 3.83. The quantitative estimate of drug-likeness (QED) is 0.240. The molecule has 2 aliphatic rings. The number of benzene rings is 2. The van der Waals surface area contributed by atoms with Crippen molar-refractivity contribution in [2.24, 2.45) is 0 Å². The lowest BCUT2D eigenvalue weighted by molar-refractivity contribution is -0.133. The third kappa shape index (κ3) is 5.99. The fourth-order valence-electron chi connectivity index (χ4n) is 7.12. The zero-order valence-corrected chi connectivity index (χ0v) is 28.4. The normalized spacial score (nSPS) is 19.3. The molecular formula is C35H33F3N10O4. The third-order valence-electron chi connectivity index (χ3n) is 9.31. The number of carbonyl (C=O) groups is 1. The number of rotatable bonds is 6. The number of imidazole rings is 1. The van der Waals surface area contributed by atoms with Crippen LogP contribution in [0.2, 0.25) is 0 Å². The molecule has 6 aromatic rings. The summed E-state index contributed by atoms with van der Waals surface area (Å²) < 4.78 is 61.2. The first-order valence-corrected chi connectivity index (χ1v) is 16.7. The molecule has 268 valence electrons. The summed E-state index contributed by atoms with van der Waals surface area (Å²) in [5.74, 6) is -0.209. The fourth-order valence-corrected chi connectivity index (χ4v) is 7.12. The summed E-state index contributed by atoms with van der Waals surface area (Å²) in [5.41, 5.74) is 3.49. The Morgan fingerprint density at radius 2 is 1.92 bits per heavy atom. The molecule has 0 N–H and O–H groups in total. The molecule has 0 radical (unpaired) electrons. The fraction of sp³-hybridized carbons (Fsp3) is 0.343. The minimum atomic E-state index is -3.20. The highest BCUT2D eigenvalue weighted by molar-refractivity contribution is 5.93. The summed E-state index contributed by atoms with van der Waals surface area (Å²) in [5, 5.41) is 4.81. The first kappa shape index (κ1) is 33.3. The molecule has 6 heterocycles. The maximum atomic E-state index is 14.4. The van der Waals surface area contributed by atoms with E-state index in [2.05, 4.69) is 29.4 Å². The predicted octanol–water partition coefficient (Wildman–Crippen LogP) is 4.57. The summed E-state index contributed by atoms with van der Waals surface area (Å²) >= 11 is 0. The lowest BCUT2D eigenvalue weighted by Crippen LogP contribution is -2.47. The number of aryl methyl sites for hydroxylation is 1. The molecule has 2 aromatic carbocycles. The van der Waals surface area contributed by atoms with Gasteiger partial charge in [0.1, 0.15) is 41.6 Å². The molecule has 1 fully saturated rings. The second-order valence-electron chi connectivity index (χ2n) is 12.6. The molecule has 0 spiro atoms. The molecule has 17 heteroatoms. The van der Waals surface area contributed by atoms with Crippen LogP contribution in [0.5, 0.6) is 11.8 Å². The first-order valence-electron chi connectivity index (χ1n) is 16.7. The van der Waals surface area contributed by atoms with Gasteiger partial charge in [-0.05, 0) is 38.1 Å². The number of anilines is 1. The van der Waals surface area contributed by atoms with Crippen molar-refractivity contribution in [1.29, 1.82) is 0 Å². The highest BCUT2D eigenvalue weighted by Gasteiger charge is 2.42. The Kier molecular flexibility index (Phi) is 8.57. The Morgan fingerprint density at radius 1 is 1.06 bits per heavy atom. The average molecular weight is 715 g/mol. The van der Waals surface area contributed by atoms with Gasteiger partial charge in [0.2, 0.25) is 5.91 Å². The smallest absolute Gasteiger partial charge is 0.387 e. The summed E-state index contributed by atoms with van der Waals surface area (Å²) in [6.07, 6.45) is 3.77. The van der Waals surface area contributed by atoms with E-state index in [1.165, 1.54) is 23.3 Å². The van der Waals surface area contributed by atoms with Gasteiger partial charge in [-0.3, -0.25) is 4.79 Å².